The highest BCUT2D eigenvalue weighted by atomic mass is 19.4. The fraction of sp³-hybridized carbons (Fsp3) is 0.640. The normalized spacial score (nSPS) is 20.5. The number of amides is 1. The lowest BCUT2D eigenvalue weighted by Crippen LogP contribution is -2.54. The van der Waals surface area contributed by atoms with Gasteiger partial charge < -0.3 is 25.0 Å². The van der Waals surface area contributed by atoms with Crippen LogP contribution in [0.4, 0.5) is 39.5 Å². The van der Waals surface area contributed by atoms with Crippen LogP contribution in [0.5, 0.6) is 0 Å². The first-order chi connectivity index (χ1) is 21.1. The topological polar surface area (TPSA) is 161 Å². The Morgan fingerprint density at radius 3 is 1.72 bits per heavy atom. The molecular weight excluding hydrogens is 655 g/mol. The van der Waals surface area contributed by atoms with E-state index in [1.165, 1.54) is 0 Å². The van der Waals surface area contributed by atoms with E-state index in [4.69, 9.17) is 34.4 Å². The van der Waals surface area contributed by atoms with E-state index in [9.17, 15) is 44.3 Å². The molecule has 0 radical (unpaired) electrons. The molecule has 2 atom stereocenters. The molecule has 0 spiro atoms. The number of carbonyl (C=O) groups excluding carboxylic acids is 1. The van der Waals surface area contributed by atoms with E-state index in [0.29, 0.717) is 24.4 Å². The molecule has 3 saturated heterocycles. The average molecular weight is 687 g/mol. The fourth-order valence-corrected chi connectivity index (χ4v) is 4.50. The summed E-state index contributed by atoms with van der Waals surface area (Å²) < 4.78 is 101. The number of alkyl halides is 9. The second kappa shape index (κ2) is 17.8. The number of hydrogen-bond acceptors (Lipinski definition) is 8. The molecule has 262 valence electrons. The number of ether oxygens (including phenoxy) is 1. The number of halogens is 9. The van der Waals surface area contributed by atoms with Crippen LogP contribution >= 0.6 is 0 Å². The Hall–Kier alpha value is -3.72. The Morgan fingerprint density at radius 1 is 0.783 bits per heavy atom. The summed E-state index contributed by atoms with van der Waals surface area (Å²) in [7, 11) is 0. The summed E-state index contributed by atoms with van der Waals surface area (Å²) in [5.74, 6) is -7.93. The van der Waals surface area contributed by atoms with Crippen molar-refractivity contribution in [2.45, 2.75) is 56.4 Å². The molecule has 3 aliphatic rings. The van der Waals surface area contributed by atoms with Gasteiger partial charge in [0.2, 0.25) is 5.91 Å². The number of piperidine rings is 1. The van der Waals surface area contributed by atoms with Crippen molar-refractivity contribution < 1.29 is 78.7 Å². The van der Waals surface area contributed by atoms with Gasteiger partial charge in [0.15, 0.2) is 0 Å². The van der Waals surface area contributed by atoms with Crippen molar-refractivity contribution in [2.75, 3.05) is 45.9 Å². The quantitative estimate of drug-likeness (QED) is 0.391. The second-order valence-electron chi connectivity index (χ2n) is 9.70. The lowest BCUT2D eigenvalue weighted by atomic mass is 9.96. The van der Waals surface area contributed by atoms with Crippen LogP contribution in [0.15, 0.2) is 24.4 Å². The summed E-state index contributed by atoms with van der Waals surface area (Å²) in [6, 6.07) is 6.98. The number of rotatable bonds is 5. The summed E-state index contributed by atoms with van der Waals surface area (Å²) in [5.41, 5.74) is 1.12. The molecule has 0 bridgehead atoms. The first-order valence-electron chi connectivity index (χ1n) is 13.3. The Morgan fingerprint density at radius 2 is 1.28 bits per heavy atom. The summed E-state index contributed by atoms with van der Waals surface area (Å²) in [6.07, 6.45) is -10.6. The highest BCUT2D eigenvalue weighted by Gasteiger charge is 2.43. The predicted molar refractivity (Wildman–Crippen MR) is 136 cm³/mol. The maximum atomic E-state index is 12.5. The summed E-state index contributed by atoms with van der Waals surface area (Å²) in [5, 5.41) is 21.4. The van der Waals surface area contributed by atoms with Crippen LogP contribution in [0.25, 0.3) is 0 Å². The van der Waals surface area contributed by atoms with E-state index in [2.05, 4.69) is 31.8 Å². The van der Waals surface area contributed by atoms with Crippen LogP contribution < -0.4 is 0 Å². The molecule has 12 nitrogen and oxygen atoms in total. The number of carboxylic acid groups (broad SMARTS) is 3. The molecule has 3 N–H and O–H groups in total. The lowest BCUT2D eigenvalue weighted by molar-refractivity contribution is -0.193. The zero-order valence-electron chi connectivity index (χ0n) is 23.8. The second-order valence-corrected chi connectivity index (χ2v) is 9.70. The third-order valence-corrected chi connectivity index (χ3v) is 6.58. The van der Waals surface area contributed by atoms with Crippen molar-refractivity contribution in [1.82, 2.24) is 19.7 Å². The van der Waals surface area contributed by atoms with Gasteiger partial charge in [0.05, 0.1) is 18.9 Å². The molecule has 4 heterocycles. The molecule has 1 amide bonds. The zero-order valence-corrected chi connectivity index (χ0v) is 23.8. The smallest absolute Gasteiger partial charge is 0.475 e. The van der Waals surface area contributed by atoms with Gasteiger partial charge in [-0.05, 0) is 25.0 Å². The number of nitrogens with zero attached hydrogens (tertiary/aromatic N) is 4. The summed E-state index contributed by atoms with van der Waals surface area (Å²) in [6.45, 7) is 7.40. The van der Waals surface area contributed by atoms with Gasteiger partial charge in [-0.1, -0.05) is 6.07 Å². The van der Waals surface area contributed by atoms with Crippen molar-refractivity contribution in [1.29, 1.82) is 0 Å². The summed E-state index contributed by atoms with van der Waals surface area (Å²) in [4.78, 5) is 50.8. The molecule has 0 unspecified atom stereocenters. The molecule has 46 heavy (non-hydrogen) atoms. The Bertz CT molecular complexity index is 1070. The van der Waals surface area contributed by atoms with Gasteiger partial charge in [0.25, 0.3) is 0 Å². The van der Waals surface area contributed by atoms with Gasteiger partial charge in [-0.25, -0.2) is 14.4 Å². The van der Waals surface area contributed by atoms with Crippen molar-refractivity contribution in [2.24, 2.45) is 0 Å². The van der Waals surface area contributed by atoms with Gasteiger partial charge >= 0.3 is 36.4 Å². The van der Waals surface area contributed by atoms with Crippen molar-refractivity contribution in [3.63, 3.8) is 0 Å². The van der Waals surface area contributed by atoms with E-state index in [1.807, 2.05) is 12.3 Å². The minimum atomic E-state index is -5.08. The molecule has 1 aromatic heterocycles. The molecule has 0 aliphatic carbocycles. The number of morpholine rings is 1. The van der Waals surface area contributed by atoms with Gasteiger partial charge in [0.1, 0.15) is 0 Å². The van der Waals surface area contributed by atoms with Crippen LogP contribution in [-0.2, 0) is 30.5 Å². The van der Waals surface area contributed by atoms with Crippen LogP contribution in [0, 0.1) is 0 Å². The number of aliphatic carboxylic acids is 3. The zero-order chi connectivity index (χ0) is 35.3. The number of aromatic nitrogens is 1. The average Bonchev–Trinajstić information content (AvgIpc) is 3.35. The maximum Gasteiger partial charge on any atom is 0.490 e. The van der Waals surface area contributed by atoms with E-state index in [0.717, 1.165) is 71.0 Å². The molecular formula is C25H31F9N4O8. The van der Waals surface area contributed by atoms with Gasteiger partial charge in [-0.15, -0.1) is 0 Å². The fourth-order valence-electron chi connectivity index (χ4n) is 4.50. The van der Waals surface area contributed by atoms with Crippen LogP contribution in [0.1, 0.15) is 25.0 Å². The number of likely N-dealkylation sites (tertiary alicyclic amines) is 2. The minimum absolute atomic E-state index is 0.342. The molecule has 4 rings (SSSR count). The first kappa shape index (κ1) is 40.3. The molecule has 0 saturated carbocycles. The largest absolute Gasteiger partial charge is 0.490 e. The predicted octanol–water partition coefficient (Wildman–Crippen LogP) is 2.88. The number of pyridine rings is 1. The van der Waals surface area contributed by atoms with Crippen molar-refractivity contribution in [3.8, 4) is 0 Å². The number of fused-ring (bicyclic) bond motifs is 1. The Balaban J connectivity index is 0.000000413. The van der Waals surface area contributed by atoms with E-state index >= 15 is 0 Å². The van der Waals surface area contributed by atoms with Gasteiger partial charge in [0, 0.05) is 64.0 Å². The molecule has 0 aromatic carbocycles. The van der Waals surface area contributed by atoms with Crippen LogP contribution in [0.3, 0.4) is 0 Å². The third kappa shape index (κ3) is 14.6. The first-order valence-corrected chi connectivity index (χ1v) is 13.3. The van der Waals surface area contributed by atoms with Crippen molar-refractivity contribution in [3.05, 3.63) is 30.1 Å². The minimum Gasteiger partial charge on any atom is -0.475 e. The monoisotopic (exact) mass is 686 g/mol. The van der Waals surface area contributed by atoms with E-state index in [-0.39, 0.29) is 0 Å². The molecule has 3 fully saturated rings. The number of carboxylic acids is 3. The van der Waals surface area contributed by atoms with Crippen LogP contribution in [0.2, 0.25) is 0 Å². The highest BCUT2D eigenvalue weighted by molar-refractivity contribution is 5.78. The lowest BCUT2D eigenvalue weighted by Gasteiger charge is -2.41. The SMILES string of the molecule is O=C(O)C(F)(F)F.O=C(O)C(F)(F)F.O=C(O)C(F)(F)F.O=C1CC[C@@H]2[C@@H](CCN2Cc2ccccn2)N1CCN1CCOCC1. The van der Waals surface area contributed by atoms with Gasteiger partial charge in [-0.2, -0.15) is 39.5 Å². The van der Waals surface area contributed by atoms with Crippen LogP contribution in [-0.4, -0.2) is 135 Å². The maximum absolute atomic E-state index is 12.5. The highest BCUT2D eigenvalue weighted by Crippen LogP contribution is 2.32. The Kier molecular flexibility index (Phi) is 15.6. The standard InChI is InChI=1S/C19H28N4O2.3C2HF3O2/c24-19-5-4-17-18(23(19)10-9-21-11-13-25-14-12-21)6-8-22(17)15-16-3-1-2-7-20-16;3*3-2(4,5)1(6)7/h1-3,7,17-18H,4-6,8-15H2;3*(H,6,7)/t17-,18-;;;/m1.../s1. The number of carbonyl (C=O) groups is 4. The van der Waals surface area contributed by atoms with E-state index < -0.39 is 36.4 Å². The molecule has 1 aromatic rings. The number of hydrogen-bond donors (Lipinski definition) is 3. The molecule has 21 heteroatoms. The molecule has 3 aliphatic heterocycles. The summed E-state index contributed by atoms with van der Waals surface area (Å²) >= 11 is 0. The van der Waals surface area contributed by atoms with Crippen molar-refractivity contribution >= 4 is 23.8 Å². The van der Waals surface area contributed by atoms with E-state index in [1.54, 1.807) is 0 Å². The van der Waals surface area contributed by atoms with Gasteiger partial charge in [-0.3, -0.25) is 19.6 Å². The Labute approximate surface area is 255 Å². The third-order valence-electron chi connectivity index (χ3n) is 6.58.